The third-order valence-corrected chi connectivity index (χ3v) is 3.56. The Kier molecular flexibility index (Phi) is 2.90. The van der Waals surface area contributed by atoms with E-state index in [1.54, 1.807) is 6.08 Å². The van der Waals surface area contributed by atoms with Crippen molar-refractivity contribution in [1.29, 1.82) is 0 Å². The highest BCUT2D eigenvalue weighted by atomic mass is 16.5. The Hall–Kier alpha value is -0.790. The van der Waals surface area contributed by atoms with Crippen molar-refractivity contribution < 1.29 is 9.53 Å². The van der Waals surface area contributed by atoms with Crippen LogP contribution in [-0.2, 0) is 9.53 Å². The van der Waals surface area contributed by atoms with E-state index in [2.05, 4.69) is 6.08 Å². The molecule has 0 radical (unpaired) electrons. The van der Waals surface area contributed by atoms with E-state index < -0.39 is 0 Å². The molecule has 0 aromatic carbocycles. The summed E-state index contributed by atoms with van der Waals surface area (Å²) in [5, 5.41) is 0. The molecule has 2 nitrogen and oxygen atoms in total. The fourth-order valence-electron chi connectivity index (χ4n) is 2.92. The summed E-state index contributed by atoms with van der Waals surface area (Å²) in [6.45, 7) is 2.31. The van der Waals surface area contributed by atoms with Crippen LogP contribution in [0.3, 0.4) is 0 Å². The zero-order valence-corrected chi connectivity index (χ0v) is 8.74. The molecule has 0 unspecified atom stereocenters. The van der Waals surface area contributed by atoms with E-state index in [-0.39, 0.29) is 5.97 Å². The van der Waals surface area contributed by atoms with E-state index in [4.69, 9.17) is 4.74 Å². The van der Waals surface area contributed by atoms with Gasteiger partial charge in [-0.1, -0.05) is 12.5 Å². The molecule has 0 saturated heterocycles. The number of hydrogen-bond acceptors (Lipinski definition) is 2. The van der Waals surface area contributed by atoms with Gasteiger partial charge in [-0.15, -0.1) is 0 Å². The fourth-order valence-corrected chi connectivity index (χ4v) is 2.92. The largest absolute Gasteiger partial charge is 0.463 e. The number of ether oxygens (including phenoxy) is 1. The van der Waals surface area contributed by atoms with Crippen LogP contribution in [0.15, 0.2) is 12.2 Å². The minimum Gasteiger partial charge on any atom is -0.463 e. The van der Waals surface area contributed by atoms with Gasteiger partial charge in [-0.05, 0) is 43.9 Å². The number of allylic oxidation sites excluding steroid dienone is 1. The van der Waals surface area contributed by atoms with Crippen LogP contribution in [0, 0.1) is 17.8 Å². The Labute approximate surface area is 85.3 Å². The van der Waals surface area contributed by atoms with Crippen molar-refractivity contribution in [2.24, 2.45) is 17.8 Å². The van der Waals surface area contributed by atoms with Gasteiger partial charge in [0.25, 0.3) is 0 Å². The molecule has 2 aliphatic carbocycles. The monoisotopic (exact) mass is 194 g/mol. The molecule has 0 aromatic heterocycles. The smallest absolute Gasteiger partial charge is 0.330 e. The minimum atomic E-state index is -0.185. The average Bonchev–Trinajstić information content (AvgIpc) is 2.76. The molecule has 0 spiro atoms. The highest BCUT2D eigenvalue weighted by Gasteiger charge is 2.37. The van der Waals surface area contributed by atoms with Crippen molar-refractivity contribution in [3.05, 3.63) is 12.2 Å². The van der Waals surface area contributed by atoms with Gasteiger partial charge in [-0.25, -0.2) is 4.79 Å². The van der Waals surface area contributed by atoms with Gasteiger partial charge in [0.15, 0.2) is 0 Å². The average molecular weight is 194 g/mol. The van der Waals surface area contributed by atoms with Crippen molar-refractivity contribution in [2.45, 2.75) is 32.6 Å². The molecule has 0 aliphatic heterocycles. The summed E-state index contributed by atoms with van der Waals surface area (Å²) in [6, 6.07) is 0. The number of carbonyl (C=O) groups is 1. The Morgan fingerprint density at radius 3 is 2.86 bits per heavy atom. The molecule has 14 heavy (non-hydrogen) atoms. The lowest BCUT2D eigenvalue weighted by Crippen LogP contribution is -2.08. The first-order chi connectivity index (χ1) is 6.79. The van der Waals surface area contributed by atoms with Gasteiger partial charge in [0.2, 0.25) is 0 Å². The quantitative estimate of drug-likeness (QED) is 0.510. The molecule has 0 N–H and O–H groups in total. The summed E-state index contributed by atoms with van der Waals surface area (Å²) < 4.78 is 4.86. The SMILES string of the molecule is CCOC(=O)/C=C/[C@@H]1C[C@H]2CC[C@H]1C2. The second-order valence-electron chi connectivity index (χ2n) is 4.45. The highest BCUT2D eigenvalue weighted by Crippen LogP contribution is 2.48. The summed E-state index contributed by atoms with van der Waals surface area (Å²) in [5.41, 5.74) is 0. The lowest BCUT2D eigenvalue weighted by atomic mass is 9.89. The second-order valence-corrected chi connectivity index (χ2v) is 4.45. The zero-order valence-electron chi connectivity index (χ0n) is 8.74. The third kappa shape index (κ3) is 1.99. The van der Waals surface area contributed by atoms with Crippen LogP contribution >= 0.6 is 0 Å². The van der Waals surface area contributed by atoms with E-state index in [1.165, 1.54) is 25.7 Å². The van der Waals surface area contributed by atoms with E-state index in [9.17, 15) is 4.79 Å². The van der Waals surface area contributed by atoms with Crippen molar-refractivity contribution in [3.63, 3.8) is 0 Å². The molecule has 2 fully saturated rings. The molecule has 2 bridgehead atoms. The standard InChI is InChI=1S/C12H18O2/c1-2-14-12(13)6-5-11-8-9-3-4-10(11)7-9/h5-6,9-11H,2-4,7-8H2,1H3/b6-5+/t9-,10-,11+/m0/s1. The lowest BCUT2D eigenvalue weighted by molar-refractivity contribution is -0.137. The molecule has 3 atom stereocenters. The van der Waals surface area contributed by atoms with Gasteiger partial charge < -0.3 is 4.74 Å². The molecule has 2 rings (SSSR count). The first-order valence-corrected chi connectivity index (χ1v) is 5.64. The summed E-state index contributed by atoms with van der Waals surface area (Å²) in [4.78, 5) is 11.1. The van der Waals surface area contributed by atoms with Crippen molar-refractivity contribution >= 4 is 5.97 Å². The summed E-state index contributed by atoms with van der Waals surface area (Å²) in [7, 11) is 0. The second kappa shape index (κ2) is 4.16. The highest BCUT2D eigenvalue weighted by molar-refractivity contribution is 5.81. The number of fused-ring (bicyclic) bond motifs is 2. The van der Waals surface area contributed by atoms with Crippen molar-refractivity contribution in [2.75, 3.05) is 6.61 Å². The van der Waals surface area contributed by atoms with Crippen LogP contribution < -0.4 is 0 Å². The zero-order chi connectivity index (χ0) is 9.97. The van der Waals surface area contributed by atoms with Crippen LogP contribution in [0.1, 0.15) is 32.6 Å². The molecule has 0 heterocycles. The normalized spacial score (nSPS) is 35.4. The van der Waals surface area contributed by atoms with Crippen LogP contribution in [0.4, 0.5) is 0 Å². The van der Waals surface area contributed by atoms with Crippen LogP contribution in [-0.4, -0.2) is 12.6 Å². The number of rotatable bonds is 3. The predicted molar refractivity (Wildman–Crippen MR) is 54.7 cm³/mol. The lowest BCUT2D eigenvalue weighted by Gasteiger charge is -2.17. The topological polar surface area (TPSA) is 26.3 Å². The molecule has 2 heteroatoms. The Balaban J connectivity index is 1.83. The Bertz CT molecular complexity index is 245. The predicted octanol–water partition coefficient (Wildman–Crippen LogP) is 2.54. The first kappa shape index (κ1) is 9.75. The van der Waals surface area contributed by atoms with Gasteiger partial charge in [0.1, 0.15) is 0 Å². The summed E-state index contributed by atoms with van der Waals surface area (Å²) in [6.07, 6.45) is 9.14. The van der Waals surface area contributed by atoms with Crippen LogP contribution in [0.5, 0.6) is 0 Å². The Morgan fingerprint density at radius 2 is 2.29 bits per heavy atom. The Morgan fingerprint density at radius 1 is 1.43 bits per heavy atom. The molecule has 2 aliphatic rings. The van der Waals surface area contributed by atoms with Crippen LogP contribution in [0.25, 0.3) is 0 Å². The maximum atomic E-state index is 11.1. The number of esters is 1. The van der Waals surface area contributed by atoms with Gasteiger partial charge in [0.05, 0.1) is 6.61 Å². The van der Waals surface area contributed by atoms with Gasteiger partial charge in [-0.3, -0.25) is 0 Å². The fraction of sp³-hybridized carbons (Fsp3) is 0.750. The molecular formula is C12H18O2. The van der Waals surface area contributed by atoms with E-state index in [0.29, 0.717) is 12.5 Å². The van der Waals surface area contributed by atoms with Crippen molar-refractivity contribution in [1.82, 2.24) is 0 Å². The van der Waals surface area contributed by atoms with E-state index >= 15 is 0 Å². The summed E-state index contributed by atoms with van der Waals surface area (Å²) >= 11 is 0. The first-order valence-electron chi connectivity index (χ1n) is 5.64. The third-order valence-electron chi connectivity index (χ3n) is 3.56. The van der Waals surface area contributed by atoms with Gasteiger partial charge in [0, 0.05) is 6.08 Å². The van der Waals surface area contributed by atoms with E-state index in [1.807, 2.05) is 6.92 Å². The maximum absolute atomic E-state index is 11.1. The molecule has 0 amide bonds. The van der Waals surface area contributed by atoms with Gasteiger partial charge in [-0.2, -0.15) is 0 Å². The molecule has 78 valence electrons. The van der Waals surface area contributed by atoms with Gasteiger partial charge >= 0.3 is 5.97 Å². The molecule has 2 saturated carbocycles. The van der Waals surface area contributed by atoms with Crippen LogP contribution in [0.2, 0.25) is 0 Å². The number of hydrogen-bond donors (Lipinski definition) is 0. The molecule has 0 aromatic rings. The molecular weight excluding hydrogens is 176 g/mol. The van der Waals surface area contributed by atoms with E-state index in [0.717, 1.165) is 11.8 Å². The maximum Gasteiger partial charge on any atom is 0.330 e. The number of carbonyl (C=O) groups excluding carboxylic acids is 1. The summed E-state index contributed by atoms with van der Waals surface area (Å²) in [5.74, 6) is 2.26. The van der Waals surface area contributed by atoms with Crippen molar-refractivity contribution in [3.8, 4) is 0 Å². The minimum absolute atomic E-state index is 0.185.